The van der Waals surface area contributed by atoms with Crippen LogP contribution in [0.3, 0.4) is 0 Å². The number of carboxylic acids is 1. The number of benzene rings is 1. The molecule has 0 aromatic heterocycles. The summed E-state index contributed by atoms with van der Waals surface area (Å²) in [5.74, 6) is -68.7. The lowest BCUT2D eigenvalue weighted by molar-refractivity contribution is -0.453. The maximum atomic E-state index is 14.2. The topological polar surface area (TPSA) is 63.6 Å². The lowest BCUT2D eigenvalue weighted by Crippen LogP contribution is -2.72. The van der Waals surface area contributed by atoms with Gasteiger partial charge in [-0.05, 0) is 0 Å². The summed E-state index contributed by atoms with van der Waals surface area (Å²) in [5.41, 5.74) is -2.83. The van der Waals surface area contributed by atoms with E-state index in [-0.39, 0.29) is 6.08 Å². The van der Waals surface area contributed by atoms with Gasteiger partial charge in [-0.25, -0.2) is 31.5 Å². The van der Waals surface area contributed by atoms with E-state index in [0.29, 0.717) is 0 Å². The number of halogens is 20. The smallest absolute Gasteiger partial charge is 0.460 e. The van der Waals surface area contributed by atoms with Crippen molar-refractivity contribution in [2.24, 2.45) is 0 Å². The molecule has 45 heavy (non-hydrogen) atoms. The van der Waals surface area contributed by atoms with Gasteiger partial charge in [0, 0.05) is 12.2 Å². The Morgan fingerprint density at radius 3 is 1.22 bits per heavy atom. The molecular weight excluding hydrogens is 696 g/mol. The number of hydrogen-bond acceptors (Lipinski definition) is 3. The fourth-order valence-electron chi connectivity index (χ4n) is 2.66. The summed E-state index contributed by atoms with van der Waals surface area (Å²) in [7, 11) is 0. The summed E-state index contributed by atoms with van der Waals surface area (Å²) in [5, 5.41) is 7.60. The van der Waals surface area contributed by atoms with Gasteiger partial charge in [-0.3, -0.25) is 0 Å². The third kappa shape index (κ3) is 7.07. The van der Waals surface area contributed by atoms with Gasteiger partial charge in [0.15, 0.2) is 23.3 Å². The second-order valence-corrected chi connectivity index (χ2v) is 7.93. The van der Waals surface area contributed by atoms with E-state index in [0.717, 1.165) is 6.08 Å². The molecule has 1 N–H and O–H groups in total. The number of esters is 1. The second kappa shape index (κ2) is 12.9. The van der Waals surface area contributed by atoms with Gasteiger partial charge in [0.05, 0.1) is 12.0 Å². The molecule has 1 aromatic carbocycles. The van der Waals surface area contributed by atoms with E-state index in [2.05, 4.69) is 17.9 Å². The molecule has 0 spiro atoms. The fraction of sp³-hybridized carbons (Fsp3) is 0.429. The molecule has 0 amide bonds. The zero-order chi connectivity index (χ0) is 36.5. The Morgan fingerprint density at radius 1 is 0.600 bits per heavy atom. The molecule has 0 radical (unpaired) electrons. The van der Waals surface area contributed by atoms with Gasteiger partial charge < -0.3 is 9.84 Å². The third-order valence-corrected chi connectivity index (χ3v) is 5.00. The number of rotatable bonds is 11. The number of carboxylic acid groups (broad SMARTS) is 1. The molecule has 258 valence electrons. The molecule has 1 atom stereocenters. The minimum atomic E-state index is -8.72. The minimum Gasteiger partial charge on any atom is -0.478 e. The Kier molecular flexibility index (Phi) is 11.8. The van der Waals surface area contributed by atoms with Gasteiger partial charge in [0.25, 0.3) is 0 Å². The number of carbonyl (C=O) groups is 2. The Balaban J connectivity index is 0.00000356. The maximum absolute atomic E-state index is 14.2. The molecule has 0 saturated heterocycles. The van der Waals surface area contributed by atoms with Crippen molar-refractivity contribution in [1.29, 1.82) is 0 Å². The first kappa shape index (κ1) is 41.2. The molecule has 0 bridgehead atoms. The largest absolute Gasteiger partial charge is 0.478 e. The minimum absolute atomic E-state index is 0.197. The van der Waals surface area contributed by atoms with Crippen LogP contribution in [-0.4, -0.2) is 58.8 Å². The van der Waals surface area contributed by atoms with Crippen molar-refractivity contribution in [3.63, 3.8) is 0 Å². The van der Waals surface area contributed by atoms with Crippen LogP contribution in [0.25, 0.3) is 0 Å². The summed E-state index contributed by atoms with van der Waals surface area (Å²) < 4.78 is 271. The van der Waals surface area contributed by atoms with E-state index in [1.165, 1.54) is 0 Å². The first-order valence-corrected chi connectivity index (χ1v) is 10.3. The molecule has 0 fully saturated rings. The van der Waals surface area contributed by atoms with Crippen LogP contribution in [0.4, 0.5) is 87.8 Å². The first-order chi connectivity index (χ1) is 19.8. The van der Waals surface area contributed by atoms with E-state index in [1.54, 1.807) is 0 Å². The van der Waals surface area contributed by atoms with Gasteiger partial charge >= 0.3 is 53.7 Å². The summed E-state index contributed by atoms with van der Waals surface area (Å²) in [6.45, 7) is 5.48. The van der Waals surface area contributed by atoms with Crippen molar-refractivity contribution in [2.75, 3.05) is 0 Å². The SMILES string of the molecule is C=CC(=O)O.C=CC(=O)OC(CC(F)(F)C(F)(F)C(F)(F)C(F)(F)C(F)(F)C(F)(F)C(F)(F)F)c1c(F)c(F)c(F)c(F)c1F. The van der Waals surface area contributed by atoms with Crippen LogP contribution < -0.4 is 0 Å². The predicted octanol–water partition coefficient (Wildman–Crippen LogP) is 8.17. The van der Waals surface area contributed by atoms with Crippen LogP contribution in [-0.2, 0) is 14.3 Å². The zero-order valence-corrected chi connectivity index (χ0v) is 20.6. The van der Waals surface area contributed by atoms with E-state index in [9.17, 15) is 97.4 Å². The van der Waals surface area contributed by atoms with Crippen molar-refractivity contribution < 1.29 is 107 Å². The number of hydrogen-bond donors (Lipinski definition) is 1. The van der Waals surface area contributed by atoms with E-state index < -0.39 is 101 Å². The number of alkyl halides is 15. The molecule has 1 rings (SSSR count). The predicted molar refractivity (Wildman–Crippen MR) is 103 cm³/mol. The molecule has 4 nitrogen and oxygen atoms in total. The Hall–Kier alpha value is -3.76. The first-order valence-electron chi connectivity index (χ1n) is 10.3. The van der Waals surface area contributed by atoms with E-state index >= 15 is 0 Å². The standard InChI is InChI=1S/C18H6F20O2.C3H4O2/c1-2-5(39)40-4(6-7(19)9(21)11(23)10(22)8(6)20)3-12(24,25)13(26,27)14(28,29)15(30,31)16(32,33)17(34,35)18(36,37)38;1-2-3(4)5/h2,4H,1,3H2;2H,1H2,(H,4,5). The summed E-state index contributed by atoms with van der Waals surface area (Å²) in [6.07, 6.45) is -15.1. The van der Waals surface area contributed by atoms with Gasteiger partial charge in [0.1, 0.15) is 6.10 Å². The molecule has 0 saturated carbocycles. The Morgan fingerprint density at radius 2 is 0.911 bits per heavy atom. The molecule has 0 aliphatic heterocycles. The fourth-order valence-corrected chi connectivity index (χ4v) is 2.66. The average Bonchev–Trinajstić information content (AvgIpc) is 2.89. The maximum Gasteiger partial charge on any atom is 0.460 e. The Labute approximate surface area is 234 Å². The number of carbonyl (C=O) groups excluding carboxylic acids is 1. The van der Waals surface area contributed by atoms with Gasteiger partial charge in [-0.1, -0.05) is 13.2 Å². The molecule has 0 heterocycles. The third-order valence-electron chi connectivity index (χ3n) is 5.00. The highest BCUT2D eigenvalue weighted by molar-refractivity contribution is 5.81. The highest BCUT2D eigenvalue weighted by atomic mass is 19.4. The van der Waals surface area contributed by atoms with Crippen LogP contribution in [0.2, 0.25) is 0 Å². The van der Waals surface area contributed by atoms with Gasteiger partial charge in [-0.2, -0.15) is 65.9 Å². The Bertz CT molecular complexity index is 1270. The monoisotopic (exact) mass is 706 g/mol. The normalized spacial score (nSPS) is 14.2. The van der Waals surface area contributed by atoms with Crippen LogP contribution >= 0.6 is 0 Å². The van der Waals surface area contributed by atoms with Crippen molar-refractivity contribution in [1.82, 2.24) is 0 Å². The van der Waals surface area contributed by atoms with Crippen molar-refractivity contribution in [2.45, 2.75) is 54.2 Å². The highest BCUT2D eigenvalue weighted by Crippen LogP contribution is 2.63. The molecule has 1 aromatic rings. The summed E-state index contributed by atoms with van der Waals surface area (Å²) in [6, 6.07) is 0. The lowest BCUT2D eigenvalue weighted by atomic mass is 9.88. The molecular formula is C21H10F20O4. The average molecular weight is 706 g/mol. The van der Waals surface area contributed by atoms with Gasteiger partial charge in [-0.15, -0.1) is 0 Å². The van der Waals surface area contributed by atoms with Crippen molar-refractivity contribution in [3.8, 4) is 0 Å². The molecule has 1 unspecified atom stereocenters. The van der Waals surface area contributed by atoms with Crippen molar-refractivity contribution >= 4 is 11.9 Å². The summed E-state index contributed by atoms with van der Waals surface area (Å²) >= 11 is 0. The van der Waals surface area contributed by atoms with Gasteiger partial charge in [0.2, 0.25) is 5.82 Å². The van der Waals surface area contributed by atoms with Crippen LogP contribution in [0.15, 0.2) is 25.3 Å². The number of ether oxygens (including phenoxy) is 1. The molecule has 0 aliphatic rings. The molecule has 0 aliphatic carbocycles. The summed E-state index contributed by atoms with van der Waals surface area (Å²) in [4.78, 5) is 20.5. The number of aliphatic carboxylic acids is 1. The lowest BCUT2D eigenvalue weighted by Gasteiger charge is -2.41. The van der Waals surface area contributed by atoms with Crippen LogP contribution in [0, 0.1) is 29.1 Å². The zero-order valence-electron chi connectivity index (χ0n) is 20.6. The van der Waals surface area contributed by atoms with Crippen molar-refractivity contribution in [3.05, 3.63) is 60.0 Å². The van der Waals surface area contributed by atoms with E-state index in [4.69, 9.17) is 5.11 Å². The van der Waals surface area contributed by atoms with Crippen LogP contribution in [0.1, 0.15) is 18.1 Å². The van der Waals surface area contributed by atoms with E-state index in [1.807, 2.05) is 0 Å². The second-order valence-electron chi connectivity index (χ2n) is 7.93. The highest BCUT2D eigenvalue weighted by Gasteiger charge is 2.93. The quantitative estimate of drug-likeness (QED) is 0.0830. The molecule has 24 heteroatoms. The van der Waals surface area contributed by atoms with Crippen LogP contribution in [0.5, 0.6) is 0 Å².